The molecule has 1 aromatic rings. The summed E-state index contributed by atoms with van der Waals surface area (Å²) in [5.74, 6) is -2.23. The molecular formula is C18H23N3O5. The van der Waals surface area contributed by atoms with Gasteiger partial charge in [-0.25, -0.2) is 0 Å². The molecule has 1 aliphatic rings. The van der Waals surface area contributed by atoms with E-state index in [4.69, 9.17) is 5.11 Å². The molecule has 8 heteroatoms. The van der Waals surface area contributed by atoms with Gasteiger partial charge in [-0.15, -0.1) is 0 Å². The van der Waals surface area contributed by atoms with Gasteiger partial charge in [-0.05, 0) is 37.1 Å². The van der Waals surface area contributed by atoms with E-state index in [1.54, 1.807) is 24.3 Å². The Morgan fingerprint density at radius 1 is 1.23 bits per heavy atom. The number of carboxylic acids is 1. The maximum absolute atomic E-state index is 12.4. The maximum Gasteiger partial charge on any atom is 0.308 e. The number of piperidine rings is 1. The Balaban J connectivity index is 1.94. The van der Waals surface area contributed by atoms with Crippen LogP contribution in [-0.2, 0) is 14.4 Å². The van der Waals surface area contributed by atoms with E-state index < -0.39 is 11.9 Å². The molecule has 1 saturated heterocycles. The maximum atomic E-state index is 12.4. The lowest BCUT2D eigenvalue weighted by Gasteiger charge is -2.32. The Morgan fingerprint density at radius 2 is 1.88 bits per heavy atom. The minimum absolute atomic E-state index is 0.112. The van der Waals surface area contributed by atoms with Crippen LogP contribution in [-0.4, -0.2) is 65.3 Å². The lowest BCUT2D eigenvalue weighted by Crippen LogP contribution is -2.46. The van der Waals surface area contributed by atoms with Crippen LogP contribution in [0.25, 0.3) is 0 Å². The van der Waals surface area contributed by atoms with E-state index in [9.17, 15) is 19.2 Å². The summed E-state index contributed by atoms with van der Waals surface area (Å²) in [6, 6.07) is 6.39. The van der Waals surface area contributed by atoms with E-state index in [1.807, 2.05) is 0 Å². The van der Waals surface area contributed by atoms with Crippen molar-refractivity contribution in [3.63, 3.8) is 0 Å². The average Bonchev–Trinajstić information content (AvgIpc) is 2.61. The topological polar surface area (TPSA) is 107 Å². The standard InChI is InChI=1S/C18H23N3O5/c1-12(22)19-15-7-5-13(6-8-15)17(24)20(2)11-16(23)21-9-3-4-14(10-21)18(25)26/h5-8,14H,3-4,9-11H2,1-2H3,(H,19,22)(H,25,26). The number of anilines is 1. The van der Waals surface area contributed by atoms with E-state index >= 15 is 0 Å². The zero-order chi connectivity index (χ0) is 19.3. The number of carbonyl (C=O) groups excluding carboxylic acids is 3. The first-order valence-electron chi connectivity index (χ1n) is 8.41. The SMILES string of the molecule is CC(=O)Nc1ccc(C(=O)N(C)CC(=O)N2CCCC(C(=O)O)C2)cc1. The smallest absolute Gasteiger partial charge is 0.308 e. The van der Waals surface area contributed by atoms with Gasteiger partial charge in [-0.1, -0.05) is 0 Å². The lowest BCUT2D eigenvalue weighted by molar-refractivity contribution is -0.145. The molecule has 2 N–H and O–H groups in total. The number of rotatable bonds is 5. The second kappa shape index (κ2) is 8.46. The Kier molecular flexibility index (Phi) is 6.32. The van der Waals surface area contributed by atoms with Gasteiger partial charge in [-0.3, -0.25) is 19.2 Å². The van der Waals surface area contributed by atoms with E-state index in [1.165, 1.54) is 23.8 Å². The van der Waals surface area contributed by atoms with Crippen LogP contribution < -0.4 is 5.32 Å². The monoisotopic (exact) mass is 361 g/mol. The third kappa shape index (κ3) is 5.05. The zero-order valence-electron chi connectivity index (χ0n) is 14.9. The number of likely N-dealkylation sites (N-methyl/N-ethyl adjacent to an activating group) is 1. The lowest BCUT2D eigenvalue weighted by atomic mass is 9.98. The number of amides is 3. The number of nitrogens with one attached hydrogen (secondary N) is 1. The van der Waals surface area contributed by atoms with Crippen LogP contribution in [0, 0.1) is 5.92 Å². The first kappa shape index (κ1) is 19.4. The van der Waals surface area contributed by atoms with Gasteiger partial charge < -0.3 is 20.2 Å². The van der Waals surface area contributed by atoms with Crippen molar-refractivity contribution in [3.05, 3.63) is 29.8 Å². The highest BCUT2D eigenvalue weighted by molar-refractivity contribution is 5.97. The van der Waals surface area contributed by atoms with Gasteiger partial charge in [0.25, 0.3) is 5.91 Å². The van der Waals surface area contributed by atoms with E-state index in [0.717, 1.165) is 0 Å². The predicted molar refractivity (Wildman–Crippen MR) is 94.6 cm³/mol. The van der Waals surface area contributed by atoms with Crippen molar-refractivity contribution in [2.45, 2.75) is 19.8 Å². The summed E-state index contributed by atoms with van der Waals surface area (Å²) in [6.07, 6.45) is 1.21. The van der Waals surface area contributed by atoms with Crippen LogP contribution in [0.3, 0.4) is 0 Å². The van der Waals surface area contributed by atoms with Crippen LogP contribution in [0.15, 0.2) is 24.3 Å². The highest BCUT2D eigenvalue weighted by Crippen LogP contribution is 2.17. The van der Waals surface area contributed by atoms with E-state index in [0.29, 0.717) is 30.6 Å². The summed E-state index contributed by atoms with van der Waals surface area (Å²) in [5, 5.41) is 11.7. The van der Waals surface area contributed by atoms with Gasteiger partial charge in [0.2, 0.25) is 11.8 Å². The molecule has 26 heavy (non-hydrogen) atoms. The Morgan fingerprint density at radius 3 is 2.46 bits per heavy atom. The quantitative estimate of drug-likeness (QED) is 0.815. The number of nitrogens with zero attached hydrogens (tertiary/aromatic N) is 2. The second-order valence-electron chi connectivity index (χ2n) is 6.44. The molecule has 1 fully saturated rings. The third-order valence-electron chi connectivity index (χ3n) is 4.29. The largest absolute Gasteiger partial charge is 0.481 e. The van der Waals surface area contributed by atoms with Crippen LogP contribution in [0.2, 0.25) is 0 Å². The molecule has 1 aromatic carbocycles. The fourth-order valence-electron chi connectivity index (χ4n) is 2.90. The Labute approximate surface area is 151 Å². The number of aliphatic carboxylic acids is 1. The highest BCUT2D eigenvalue weighted by atomic mass is 16.4. The van der Waals surface area contributed by atoms with Gasteiger partial charge in [0.05, 0.1) is 12.5 Å². The number of likely N-dealkylation sites (tertiary alicyclic amines) is 1. The number of benzene rings is 1. The molecule has 0 aromatic heterocycles. The summed E-state index contributed by atoms with van der Waals surface area (Å²) in [5.41, 5.74) is 0.984. The molecule has 8 nitrogen and oxygen atoms in total. The summed E-state index contributed by atoms with van der Waals surface area (Å²) >= 11 is 0. The molecule has 0 radical (unpaired) electrons. The van der Waals surface area contributed by atoms with Gasteiger partial charge >= 0.3 is 5.97 Å². The molecule has 1 atom stereocenters. The van der Waals surface area contributed by atoms with Crippen LogP contribution in [0.1, 0.15) is 30.1 Å². The van der Waals surface area contributed by atoms with Crippen molar-refractivity contribution in [2.24, 2.45) is 5.92 Å². The summed E-state index contributed by atoms with van der Waals surface area (Å²) in [7, 11) is 1.53. The molecule has 1 heterocycles. The predicted octanol–water partition coefficient (Wildman–Crippen LogP) is 1.04. The molecule has 140 valence electrons. The van der Waals surface area contributed by atoms with Crippen LogP contribution in [0.4, 0.5) is 5.69 Å². The molecule has 0 saturated carbocycles. The molecule has 2 rings (SSSR count). The average molecular weight is 361 g/mol. The van der Waals surface area contributed by atoms with E-state index in [2.05, 4.69) is 5.32 Å². The normalized spacial score (nSPS) is 16.7. The van der Waals surface area contributed by atoms with Crippen molar-refractivity contribution in [3.8, 4) is 0 Å². The third-order valence-corrected chi connectivity index (χ3v) is 4.29. The number of carboxylic acid groups (broad SMARTS) is 1. The molecule has 0 spiro atoms. The summed E-state index contributed by atoms with van der Waals surface area (Å²) in [4.78, 5) is 49.7. The van der Waals surface area contributed by atoms with Crippen molar-refractivity contribution in [2.75, 3.05) is 32.0 Å². The number of carbonyl (C=O) groups is 4. The number of hydrogen-bond donors (Lipinski definition) is 2. The summed E-state index contributed by atoms with van der Waals surface area (Å²) < 4.78 is 0. The Bertz CT molecular complexity index is 701. The fraction of sp³-hybridized carbons (Fsp3) is 0.444. The number of hydrogen-bond acceptors (Lipinski definition) is 4. The Hall–Kier alpha value is -2.90. The summed E-state index contributed by atoms with van der Waals surface area (Å²) in [6.45, 7) is 1.98. The van der Waals surface area contributed by atoms with Crippen molar-refractivity contribution < 1.29 is 24.3 Å². The molecule has 1 aliphatic heterocycles. The van der Waals surface area contributed by atoms with Gasteiger partial charge in [0, 0.05) is 38.3 Å². The fourth-order valence-corrected chi connectivity index (χ4v) is 2.90. The minimum Gasteiger partial charge on any atom is -0.481 e. The van der Waals surface area contributed by atoms with Crippen molar-refractivity contribution in [1.29, 1.82) is 0 Å². The van der Waals surface area contributed by atoms with Crippen LogP contribution >= 0.6 is 0 Å². The molecule has 1 unspecified atom stereocenters. The highest BCUT2D eigenvalue weighted by Gasteiger charge is 2.29. The molecular weight excluding hydrogens is 338 g/mol. The second-order valence-corrected chi connectivity index (χ2v) is 6.44. The van der Waals surface area contributed by atoms with Crippen LogP contribution in [0.5, 0.6) is 0 Å². The van der Waals surface area contributed by atoms with Gasteiger partial charge in [0.15, 0.2) is 0 Å². The first-order chi connectivity index (χ1) is 12.3. The van der Waals surface area contributed by atoms with Crippen molar-refractivity contribution in [1.82, 2.24) is 9.80 Å². The van der Waals surface area contributed by atoms with Gasteiger partial charge in [-0.2, -0.15) is 0 Å². The molecule has 0 aliphatic carbocycles. The van der Waals surface area contributed by atoms with Crippen molar-refractivity contribution >= 4 is 29.4 Å². The molecule has 3 amide bonds. The van der Waals surface area contributed by atoms with E-state index in [-0.39, 0.29) is 30.8 Å². The minimum atomic E-state index is -0.897. The first-order valence-corrected chi connectivity index (χ1v) is 8.41. The molecule has 0 bridgehead atoms. The zero-order valence-corrected chi connectivity index (χ0v) is 14.9. The van der Waals surface area contributed by atoms with Gasteiger partial charge in [0.1, 0.15) is 0 Å².